The Labute approximate surface area is 162 Å². The van der Waals surface area contributed by atoms with Crippen molar-refractivity contribution in [3.63, 3.8) is 0 Å². The third-order valence-corrected chi connectivity index (χ3v) is 5.00. The summed E-state index contributed by atoms with van der Waals surface area (Å²) in [7, 11) is 0. The zero-order valence-electron chi connectivity index (χ0n) is 15.5. The minimum Gasteiger partial charge on any atom is -0.326 e. The standard InChI is InChI=1S/C21H21N3O2S/c1-21(2,3)20(26)23-16-10-8-14(9-11-16)18(25)13-27-19-17-7-5-4-6-15(17)12-22-24-19/h4-12H,13H2,1-3H3,(H,23,26). The van der Waals surface area contributed by atoms with E-state index in [9.17, 15) is 9.59 Å². The van der Waals surface area contributed by atoms with Crippen LogP contribution in [0.2, 0.25) is 0 Å². The smallest absolute Gasteiger partial charge is 0.229 e. The van der Waals surface area contributed by atoms with Gasteiger partial charge in [-0.25, -0.2) is 0 Å². The molecule has 3 rings (SSSR count). The van der Waals surface area contributed by atoms with Crippen molar-refractivity contribution in [2.24, 2.45) is 5.41 Å². The van der Waals surface area contributed by atoms with Crippen LogP contribution in [0.5, 0.6) is 0 Å². The Bertz CT molecular complexity index is 973. The number of hydrogen-bond donors (Lipinski definition) is 1. The number of amides is 1. The normalized spacial score (nSPS) is 11.4. The van der Waals surface area contributed by atoms with Crippen molar-refractivity contribution in [2.75, 3.05) is 11.1 Å². The highest BCUT2D eigenvalue weighted by atomic mass is 32.2. The van der Waals surface area contributed by atoms with Crippen LogP contribution in [-0.4, -0.2) is 27.6 Å². The minimum absolute atomic E-state index is 0.00318. The molecule has 138 valence electrons. The number of benzene rings is 2. The summed E-state index contributed by atoms with van der Waals surface area (Å²) >= 11 is 1.38. The Morgan fingerprint density at radius 2 is 1.74 bits per heavy atom. The van der Waals surface area contributed by atoms with E-state index in [1.54, 1.807) is 30.5 Å². The second-order valence-corrected chi connectivity index (χ2v) is 8.19. The summed E-state index contributed by atoms with van der Waals surface area (Å²) in [6, 6.07) is 14.8. The highest BCUT2D eigenvalue weighted by Crippen LogP contribution is 2.25. The molecule has 1 N–H and O–H groups in total. The molecule has 6 heteroatoms. The number of anilines is 1. The Hall–Kier alpha value is -2.73. The maximum Gasteiger partial charge on any atom is 0.229 e. The largest absolute Gasteiger partial charge is 0.326 e. The Morgan fingerprint density at radius 1 is 1.04 bits per heavy atom. The topological polar surface area (TPSA) is 72.0 Å². The molecule has 0 unspecified atom stereocenters. The number of fused-ring (bicyclic) bond motifs is 1. The van der Waals surface area contributed by atoms with Crippen LogP contribution in [0, 0.1) is 5.41 Å². The molecule has 0 aliphatic heterocycles. The molecule has 0 atom stereocenters. The van der Waals surface area contributed by atoms with Crippen molar-refractivity contribution in [2.45, 2.75) is 25.8 Å². The van der Waals surface area contributed by atoms with E-state index in [0.717, 1.165) is 15.8 Å². The first kappa shape index (κ1) is 19.0. The maximum absolute atomic E-state index is 12.5. The van der Waals surface area contributed by atoms with Gasteiger partial charge in [-0.05, 0) is 24.3 Å². The predicted octanol–water partition coefficient (Wildman–Crippen LogP) is 4.59. The lowest BCUT2D eigenvalue weighted by Crippen LogP contribution is -2.27. The van der Waals surface area contributed by atoms with Crippen LogP contribution in [-0.2, 0) is 4.79 Å². The molecule has 1 aromatic heterocycles. The van der Waals surface area contributed by atoms with Crippen LogP contribution < -0.4 is 5.32 Å². The molecule has 1 amide bonds. The lowest BCUT2D eigenvalue weighted by molar-refractivity contribution is -0.123. The first-order valence-corrected chi connectivity index (χ1v) is 9.61. The van der Waals surface area contributed by atoms with Gasteiger partial charge in [-0.3, -0.25) is 9.59 Å². The van der Waals surface area contributed by atoms with Crippen LogP contribution in [0.1, 0.15) is 31.1 Å². The van der Waals surface area contributed by atoms with Gasteiger partial charge in [-0.1, -0.05) is 56.8 Å². The number of Topliss-reactive ketones (excluding diaryl/α,β-unsaturated/α-hetero) is 1. The van der Waals surface area contributed by atoms with E-state index < -0.39 is 5.41 Å². The fraction of sp³-hybridized carbons (Fsp3) is 0.238. The molecule has 0 radical (unpaired) electrons. The van der Waals surface area contributed by atoms with Gasteiger partial charge in [0, 0.05) is 27.4 Å². The number of ketones is 1. The molecule has 0 bridgehead atoms. The summed E-state index contributed by atoms with van der Waals surface area (Å²) in [6.45, 7) is 5.56. The minimum atomic E-state index is -0.468. The molecule has 0 aliphatic rings. The molecule has 0 spiro atoms. The van der Waals surface area contributed by atoms with Crippen molar-refractivity contribution >= 4 is 39.9 Å². The van der Waals surface area contributed by atoms with E-state index in [-0.39, 0.29) is 17.4 Å². The average Bonchev–Trinajstić information content (AvgIpc) is 2.66. The summed E-state index contributed by atoms with van der Waals surface area (Å²) in [5.74, 6) is 0.214. The molecule has 1 heterocycles. The molecule has 0 aliphatic carbocycles. The van der Waals surface area contributed by atoms with Crippen molar-refractivity contribution in [1.29, 1.82) is 0 Å². The molecule has 2 aromatic carbocycles. The van der Waals surface area contributed by atoms with Gasteiger partial charge in [0.15, 0.2) is 5.78 Å². The van der Waals surface area contributed by atoms with Crippen molar-refractivity contribution in [3.8, 4) is 0 Å². The third-order valence-electron chi connectivity index (χ3n) is 4.02. The first-order chi connectivity index (χ1) is 12.8. The van der Waals surface area contributed by atoms with Crippen LogP contribution in [0.3, 0.4) is 0 Å². The van der Waals surface area contributed by atoms with Gasteiger partial charge in [-0.15, -0.1) is 5.10 Å². The highest BCUT2D eigenvalue weighted by Gasteiger charge is 2.21. The van der Waals surface area contributed by atoms with Crippen molar-refractivity contribution in [3.05, 3.63) is 60.3 Å². The first-order valence-electron chi connectivity index (χ1n) is 8.62. The van der Waals surface area contributed by atoms with Gasteiger partial charge < -0.3 is 5.32 Å². The molecular formula is C21H21N3O2S. The number of nitrogens with one attached hydrogen (secondary N) is 1. The monoisotopic (exact) mass is 379 g/mol. The predicted molar refractivity (Wildman–Crippen MR) is 109 cm³/mol. The van der Waals surface area contributed by atoms with Crippen LogP contribution >= 0.6 is 11.8 Å². The zero-order valence-corrected chi connectivity index (χ0v) is 16.3. The number of carbonyl (C=O) groups excluding carboxylic acids is 2. The molecule has 0 fully saturated rings. The zero-order chi connectivity index (χ0) is 19.4. The van der Waals surface area contributed by atoms with Crippen molar-refractivity contribution in [1.82, 2.24) is 10.2 Å². The summed E-state index contributed by atoms with van der Waals surface area (Å²) in [5.41, 5.74) is 0.813. The number of nitrogens with zero attached hydrogens (tertiary/aromatic N) is 2. The van der Waals surface area contributed by atoms with Crippen LogP contribution in [0.25, 0.3) is 10.8 Å². The van der Waals surface area contributed by atoms with E-state index >= 15 is 0 Å². The summed E-state index contributed by atoms with van der Waals surface area (Å²) < 4.78 is 0. The quantitative estimate of drug-likeness (QED) is 0.518. The number of aromatic nitrogens is 2. The summed E-state index contributed by atoms with van der Waals surface area (Å²) in [4.78, 5) is 24.5. The van der Waals surface area contributed by atoms with Gasteiger partial charge in [0.2, 0.25) is 5.91 Å². The number of thioether (sulfide) groups is 1. The van der Waals surface area contributed by atoms with Crippen molar-refractivity contribution < 1.29 is 9.59 Å². The molecule has 27 heavy (non-hydrogen) atoms. The Balaban J connectivity index is 1.65. The van der Waals surface area contributed by atoms with Gasteiger partial charge in [-0.2, -0.15) is 5.10 Å². The van der Waals surface area contributed by atoms with Gasteiger partial charge >= 0.3 is 0 Å². The molecule has 0 saturated heterocycles. The van der Waals surface area contributed by atoms with E-state index in [1.165, 1.54) is 11.8 Å². The SMILES string of the molecule is CC(C)(C)C(=O)Nc1ccc(C(=O)CSc2nncc3ccccc23)cc1. The summed E-state index contributed by atoms with van der Waals surface area (Å²) in [5, 5.41) is 13.7. The van der Waals surface area contributed by atoms with E-state index in [2.05, 4.69) is 15.5 Å². The molecule has 3 aromatic rings. The number of rotatable bonds is 5. The number of carbonyl (C=O) groups is 2. The second-order valence-electron chi connectivity index (χ2n) is 7.23. The van der Waals surface area contributed by atoms with Gasteiger partial charge in [0.05, 0.1) is 11.9 Å². The third kappa shape index (κ3) is 4.71. The Morgan fingerprint density at radius 3 is 2.44 bits per heavy atom. The van der Waals surface area contributed by atoms with E-state index in [1.807, 2.05) is 45.0 Å². The number of hydrogen-bond acceptors (Lipinski definition) is 5. The molecule has 5 nitrogen and oxygen atoms in total. The second kappa shape index (κ2) is 7.88. The average molecular weight is 379 g/mol. The summed E-state index contributed by atoms with van der Waals surface area (Å²) in [6.07, 6.45) is 1.71. The molecular weight excluding hydrogens is 358 g/mol. The molecule has 0 saturated carbocycles. The Kier molecular flexibility index (Phi) is 5.56. The van der Waals surface area contributed by atoms with Gasteiger partial charge in [0.25, 0.3) is 0 Å². The maximum atomic E-state index is 12.5. The highest BCUT2D eigenvalue weighted by molar-refractivity contribution is 8.00. The van der Waals surface area contributed by atoms with Crippen LogP contribution in [0.15, 0.2) is 59.8 Å². The van der Waals surface area contributed by atoms with Crippen LogP contribution in [0.4, 0.5) is 5.69 Å². The fourth-order valence-electron chi connectivity index (χ4n) is 2.38. The van der Waals surface area contributed by atoms with E-state index in [0.29, 0.717) is 11.3 Å². The van der Waals surface area contributed by atoms with E-state index in [4.69, 9.17) is 0 Å². The fourth-order valence-corrected chi connectivity index (χ4v) is 3.26. The lowest BCUT2D eigenvalue weighted by Gasteiger charge is -2.17. The van der Waals surface area contributed by atoms with Gasteiger partial charge in [0.1, 0.15) is 5.03 Å². The lowest BCUT2D eigenvalue weighted by atomic mass is 9.95.